The number of alkyl halides is 3. The zero-order chi connectivity index (χ0) is 12.4. The maximum atomic E-state index is 14.3. The highest BCUT2D eigenvalue weighted by Gasteiger charge is 2.45. The van der Waals surface area contributed by atoms with E-state index in [2.05, 4.69) is 12.2 Å². The highest BCUT2D eigenvalue weighted by atomic mass is 35.5. The van der Waals surface area contributed by atoms with Crippen LogP contribution in [0.15, 0.2) is 12.2 Å². The third-order valence-electron chi connectivity index (χ3n) is 4.34. The summed E-state index contributed by atoms with van der Waals surface area (Å²) in [4.78, 5) is 0. The molecule has 6 atom stereocenters. The molecule has 0 radical (unpaired) electrons. The number of hydrogen-bond donors (Lipinski definition) is 0. The van der Waals surface area contributed by atoms with E-state index < -0.39 is 18.3 Å². The van der Waals surface area contributed by atoms with Gasteiger partial charge in [0.05, 0.1) is 0 Å². The number of hydrogen-bond acceptors (Lipinski definition) is 0. The average Bonchev–Trinajstić information content (AvgIpc) is 2.55. The summed E-state index contributed by atoms with van der Waals surface area (Å²) in [7, 11) is 0. The summed E-state index contributed by atoms with van der Waals surface area (Å²) < 4.78 is 27.9. The molecule has 0 nitrogen and oxygen atoms in total. The number of halogens is 3. The van der Waals surface area contributed by atoms with Crippen molar-refractivity contribution in [3.8, 4) is 0 Å². The Hall–Kier alpha value is -0.110. The van der Waals surface area contributed by atoms with Gasteiger partial charge in [0.15, 0.2) is 0 Å². The van der Waals surface area contributed by atoms with Gasteiger partial charge in [-0.05, 0) is 31.6 Å². The van der Waals surface area contributed by atoms with Crippen molar-refractivity contribution < 1.29 is 8.78 Å². The van der Waals surface area contributed by atoms with Crippen molar-refractivity contribution in [3.05, 3.63) is 12.2 Å². The molecule has 1 fully saturated rings. The molecular formula is C14H21ClF2. The monoisotopic (exact) mass is 262 g/mol. The van der Waals surface area contributed by atoms with E-state index in [-0.39, 0.29) is 17.2 Å². The third-order valence-corrected chi connectivity index (χ3v) is 4.81. The van der Waals surface area contributed by atoms with Crippen LogP contribution in [0.4, 0.5) is 8.78 Å². The molecule has 0 saturated heterocycles. The van der Waals surface area contributed by atoms with Gasteiger partial charge in [0.1, 0.15) is 12.3 Å². The van der Waals surface area contributed by atoms with E-state index in [1.807, 2.05) is 0 Å². The SMILES string of the molecule is CC1C(F)CC(Cl)C(C2C=CCCCC2)[C@H]1F. The number of rotatable bonds is 1. The fraction of sp³-hybridized carbons (Fsp3) is 0.857. The molecule has 0 spiro atoms. The van der Waals surface area contributed by atoms with Gasteiger partial charge in [0, 0.05) is 17.2 Å². The van der Waals surface area contributed by atoms with Crippen molar-refractivity contribution in [2.75, 3.05) is 0 Å². The van der Waals surface area contributed by atoms with Crippen LogP contribution in [0.2, 0.25) is 0 Å². The minimum Gasteiger partial charge on any atom is -0.247 e. The van der Waals surface area contributed by atoms with Gasteiger partial charge in [-0.15, -0.1) is 11.6 Å². The van der Waals surface area contributed by atoms with E-state index in [0.717, 1.165) is 19.3 Å². The van der Waals surface area contributed by atoms with Gasteiger partial charge in [-0.2, -0.15) is 0 Å². The highest BCUT2D eigenvalue weighted by Crippen LogP contribution is 2.43. The molecule has 0 bridgehead atoms. The summed E-state index contributed by atoms with van der Waals surface area (Å²) in [5.74, 6) is -0.510. The molecule has 0 aromatic carbocycles. The third kappa shape index (κ3) is 2.83. The maximum absolute atomic E-state index is 14.3. The predicted octanol–water partition coefficient (Wildman–Crippen LogP) is 4.67. The van der Waals surface area contributed by atoms with E-state index in [1.54, 1.807) is 6.92 Å². The Morgan fingerprint density at radius 3 is 2.76 bits per heavy atom. The van der Waals surface area contributed by atoms with Crippen LogP contribution in [0.5, 0.6) is 0 Å². The summed E-state index contributed by atoms with van der Waals surface area (Å²) in [6, 6.07) is 0. The van der Waals surface area contributed by atoms with E-state index >= 15 is 0 Å². The van der Waals surface area contributed by atoms with Gasteiger partial charge in [-0.3, -0.25) is 0 Å². The first-order valence-corrected chi connectivity index (χ1v) is 7.13. The Morgan fingerprint density at radius 2 is 2.00 bits per heavy atom. The lowest BCUT2D eigenvalue weighted by atomic mass is 9.72. The molecule has 98 valence electrons. The molecule has 3 heteroatoms. The van der Waals surface area contributed by atoms with Crippen molar-refractivity contribution in [3.63, 3.8) is 0 Å². The van der Waals surface area contributed by atoms with Crippen molar-refractivity contribution in [1.82, 2.24) is 0 Å². The fourth-order valence-corrected chi connectivity index (χ4v) is 3.67. The standard InChI is InChI=1S/C14H21ClF2/c1-9-12(16)8-11(15)13(14(9)17)10-6-4-2-3-5-7-10/h4,6,9-14H,2-3,5,7-8H2,1H3/t9?,10?,11?,12?,13?,14-/m0/s1. The lowest BCUT2D eigenvalue weighted by molar-refractivity contribution is 0.0251. The Bertz CT molecular complexity index is 279. The lowest BCUT2D eigenvalue weighted by Crippen LogP contribution is -2.45. The second kappa shape index (κ2) is 5.69. The zero-order valence-corrected chi connectivity index (χ0v) is 11.0. The second-order valence-electron chi connectivity index (χ2n) is 5.53. The smallest absolute Gasteiger partial charge is 0.110 e. The molecule has 0 amide bonds. The van der Waals surface area contributed by atoms with Gasteiger partial charge < -0.3 is 0 Å². The summed E-state index contributed by atoms with van der Waals surface area (Å²) in [5.41, 5.74) is 0. The van der Waals surface area contributed by atoms with Crippen LogP contribution in [0, 0.1) is 17.8 Å². The lowest BCUT2D eigenvalue weighted by Gasteiger charge is -2.40. The molecule has 0 heterocycles. The largest absolute Gasteiger partial charge is 0.247 e. The maximum Gasteiger partial charge on any atom is 0.110 e. The van der Waals surface area contributed by atoms with Crippen LogP contribution in [0.25, 0.3) is 0 Å². The Kier molecular flexibility index (Phi) is 4.46. The summed E-state index contributed by atoms with van der Waals surface area (Å²) in [6.07, 6.45) is 6.74. The van der Waals surface area contributed by atoms with Crippen LogP contribution in [0.3, 0.4) is 0 Å². The molecule has 0 aromatic rings. The van der Waals surface area contributed by atoms with Crippen molar-refractivity contribution in [2.24, 2.45) is 17.8 Å². The van der Waals surface area contributed by atoms with Crippen LogP contribution in [-0.2, 0) is 0 Å². The van der Waals surface area contributed by atoms with Crippen molar-refractivity contribution >= 4 is 11.6 Å². The molecule has 0 N–H and O–H groups in total. The Labute approximate surface area is 107 Å². The fourth-order valence-electron chi connectivity index (χ4n) is 3.17. The second-order valence-corrected chi connectivity index (χ2v) is 6.09. The van der Waals surface area contributed by atoms with E-state index in [0.29, 0.717) is 6.42 Å². The predicted molar refractivity (Wildman–Crippen MR) is 67.8 cm³/mol. The Balaban J connectivity index is 2.11. The van der Waals surface area contributed by atoms with E-state index in [4.69, 9.17) is 11.6 Å². The van der Waals surface area contributed by atoms with Gasteiger partial charge in [-0.25, -0.2) is 8.78 Å². The van der Waals surface area contributed by atoms with Crippen molar-refractivity contribution in [2.45, 2.75) is 56.7 Å². The van der Waals surface area contributed by atoms with Crippen LogP contribution >= 0.6 is 11.6 Å². The van der Waals surface area contributed by atoms with Crippen LogP contribution < -0.4 is 0 Å². The quantitative estimate of drug-likeness (QED) is 0.476. The Morgan fingerprint density at radius 1 is 1.24 bits per heavy atom. The summed E-state index contributed by atoms with van der Waals surface area (Å²) in [5, 5.41) is -0.357. The molecule has 2 aliphatic rings. The first kappa shape index (κ1) is 13.3. The van der Waals surface area contributed by atoms with Gasteiger partial charge in [0.2, 0.25) is 0 Å². The number of allylic oxidation sites excluding steroid dienone is 2. The van der Waals surface area contributed by atoms with Gasteiger partial charge in [-0.1, -0.05) is 25.5 Å². The average molecular weight is 263 g/mol. The van der Waals surface area contributed by atoms with E-state index in [1.165, 1.54) is 6.42 Å². The normalized spacial score (nSPS) is 47.8. The topological polar surface area (TPSA) is 0 Å². The van der Waals surface area contributed by atoms with Gasteiger partial charge >= 0.3 is 0 Å². The van der Waals surface area contributed by atoms with Crippen LogP contribution in [0.1, 0.15) is 39.0 Å². The minimum absolute atomic E-state index is 0.199. The highest BCUT2D eigenvalue weighted by molar-refractivity contribution is 6.21. The molecule has 1 saturated carbocycles. The molecule has 0 aliphatic heterocycles. The first-order chi connectivity index (χ1) is 8.11. The van der Waals surface area contributed by atoms with Gasteiger partial charge in [0.25, 0.3) is 0 Å². The molecular weight excluding hydrogens is 242 g/mol. The summed E-state index contributed by atoms with van der Waals surface area (Å²) in [6.45, 7) is 1.67. The van der Waals surface area contributed by atoms with Crippen molar-refractivity contribution in [1.29, 1.82) is 0 Å². The first-order valence-electron chi connectivity index (χ1n) is 6.70. The molecule has 17 heavy (non-hydrogen) atoms. The molecule has 0 aromatic heterocycles. The zero-order valence-electron chi connectivity index (χ0n) is 10.3. The molecule has 2 aliphatic carbocycles. The minimum atomic E-state index is -1.10. The van der Waals surface area contributed by atoms with Crippen LogP contribution in [-0.4, -0.2) is 17.7 Å². The molecule has 2 rings (SSSR count). The summed E-state index contributed by atoms with van der Waals surface area (Å²) >= 11 is 6.21. The molecule has 5 unspecified atom stereocenters. The van der Waals surface area contributed by atoms with E-state index in [9.17, 15) is 8.78 Å².